The minimum atomic E-state index is 0.463. The molecule has 0 fully saturated rings. The van der Waals surface area contributed by atoms with Gasteiger partial charge in [-0.3, -0.25) is 0 Å². The Bertz CT molecular complexity index is 844. The van der Waals surface area contributed by atoms with E-state index >= 15 is 0 Å². The first-order valence-electron chi connectivity index (χ1n) is 10.9. The summed E-state index contributed by atoms with van der Waals surface area (Å²) in [6.07, 6.45) is 9.05. The molecule has 29 heavy (non-hydrogen) atoms. The molecule has 2 aromatic rings. The van der Waals surface area contributed by atoms with Gasteiger partial charge in [0, 0.05) is 5.56 Å². The third kappa shape index (κ3) is 5.82. The van der Waals surface area contributed by atoms with Gasteiger partial charge in [-0.15, -0.1) is 0 Å². The molecular weight excluding hydrogens is 354 g/mol. The van der Waals surface area contributed by atoms with Crippen molar-refractivity contribution in [3.05, 3.63) is 59.8 Å². The maximum absolute atomic E-state index is 5.69. The summed E-state index contributed by atoms with van der Waals surface area (Å²) in [5.41, 5.74) is 6.53. The zero-order valence-electron chi connectivity index (χ0n) is 19.1. The molecule has 0 aliphatic rings. The number of hydrogen-bond donors (Lipinski definition) is 0. The average Bonchev–Trinajstić information content (AvgIpc) is 2.75. The number of aromatic nitrogens is 1. The van der Waals surface area contributed by atoms with Crippen LogP contribution in [0.4, 0.5) is 0 Å². The van der Waals surface area contributed by atoms with Crippen molar-refractivity contribution < 1.29 is 4.74 Å². The van der Waals surface area contributed by atoms with E-state index in [1.54, 1.807) is 7.11 Å². The van der Waals surface area contributed by atoms with Gasteiger partial charge < -0.3 is 4.74 Å². The van der Waals surface area contributed by atoms with Gasteiger partial charge in [0.05, 0.1) is 18.5 Å². The fraction of sp³-hybridized carbons (Fsp3) is 0.444. The van der Waals surface area contributed by atoms with Gasteiger partial charge in [-0.1, -0.05) is 71.4 Å². The van der Waals surface area contributed by atoms with Crippen LogP contribution in [0.25, 0.3) is 22.9 Å². The Morgan fingerprint density at radius 2 is 1.86 bits per heavy atom. The minimum Gasteiger partial charge on any atom is -0.496 e. The first-order valence-corrected chi connectivity index (χ1v) is 10.9. The van der Waals surface area contributed by atoms with Crippen molar-refractivity contribution >= 4 is 11.6 Å². The SMILES string of the molecule is C=Cc1ccc(-c2ccc(C(C)C)cc2OC)nc1/C(C)=C\CCC(CC)CC. The van der Waals surface area contributed by atoms with E-state index in [4.69, 9.17) is 9.72 Å². The Hall–Kier alpha value is -2.35. The molecule has 2 rings (SSSR count). The second-order valence-corrected chi connectivity index (χ2v) is 8.10. The van der Waals surface area contributed by atoms with Gasteiger partial charge in [0.25, 0.3) is 0 Å². The van der Waals surface area contributed by atoms with E-state index < -0.39 is 0 Å². The lowest BCUT2D eigenvalue weighted by atomic mass is 9.96. The largest absolute Gasteiger partial charge is 0.496 e. The summed E-state index contributed by atoms with van der Waals surface area (Å²) in [6, 6.07) is 10.6. The molecule has 0 atom stereocenters. The van der Waals surface area contributed by atoms with Crippen molar-refractivity contribution in [2.75, 3.05) is 7.11 Å². The second kappa shape index (κ2) is 11.0. The molecule has 1 heterocycles. The number of nitrogens with zero attached hydrogens (tertiary/aromatic N) is 1. The maximum atomic E-state index is 5.69. The standard InChI is InChI=1S/C27H37NO/c1-8-21(9-2)13-11-12-20(6)27-22(10-3)15-17-25(28-27)24-16-14-23(19(4)5)18-26(24)29-7/h10,12,14-19,21H,3,8-9,11,13H2,1-2,4-7H3/b20-12-. The number of benzene rings is 1. The fourth-order valence-corrected chi connectivity index (χ4v) is 3.71. The molecule has 0 aliphatic heterocycles. The first-order chi connectivity index (χ1) is 13.9. The van der Waals surface area contributed by atoms with Crippen LogP contribution >= 0.6 is 0 Å². The highest BCUT2D eigenvalue weighted by molar-refractivity contribution is 5.75. The molecule has 0 saturated heterocycles. The lowest BCUT2D eigenvalue weighted by Crippen LogP contribution is -1.98. The molecule has 2 nitrogen and oxygen atoms in total. The van der Waals surface area contributed by atoms with Gasteiger partial charge in [-0.25, -0.2) is 4.98 Å². The van der Waals surface area contributed by atoms with Crippen LogP contribution in [0.2, 0.25) is 0 Å². The maximum Gasteiger partial charge on any atom is 0.128 e. The third-order valence-corrected chi connectivity index (χ3v) is 5.87. The van der Waals surface area contributed by atoms with Crippen LogP contribution in [-0.2, 0) is 0 Å². The van der Waals surface area contributed by atoms with E-state index in [-0.39, 0.29) is 0 Å². The van der Waals surface area contributed by atoms with Gasteiger partial charge in [0.2, 0.25) is 0 Å². The van der Waals surface area contributed by atoms with Gasteiger partial charge in [-0.2, -0.15) is 0 Å². The van der Waals surface area contributed by atoms with Crippen LogP contribution in [0, 0.1) is 5.92 Å². The highest BCUT2D eigenvalue weighted by Crippen LogP contribution is 2.33. The molecule has 1 aromatic carbocycles. The summed E-state index contributed by atoms with van der Waals surface area (Å²) < 4.78 is 5.69. The fourth-order valence-electron chi connectivity index (χ4n) is 3.71. The molecule has 0 spiro atoms. The van der Waals surface area contributed by atoms with E-state index in [2.05, 4.69) is 77.6 Å². The number of allylic oxidation sites excluding steroid dienone is 2. The van der Waals surface area contributed by atoms with E-state index in [1.807, 2.05) is 6.08 Å². The molecule has 0 aliphatic carbocycles. The van der Waals surface area contributed by atoms with Crippen LogP contribution in [0.15, 0.2) is 43.0 Å². The summed E-state index contributed by atoms with van der Waals surface area (Å²) >= 11 is 0. The van der Waals surface area contributed by atoms with Gasteiger partial charge >= 0.3 is 0 Å². The molecular formula is C27H37NO. The van der Waals surface area contributed by atoms with Crippen LogP contribution < -0.4 is 4.74 Å². The van der Waals surface area contributed by atoms with Crippen molar-refractivity contribution in [1.82, 2.24) is 4.98 Å². The van der Waals surface area contributed by atoms with Crippen LogP contribution in [0.5, 0.6) is 5.75 Å². The molecule has 0 saturated carbocycles. The lowest BCUT2D eigenvalue weighted by Gasteiger charge is -2.15. The Kier molecular flexibility index (Phi) is 8.70. The molecule has 2 heteroatoms. The first kappa shape index (κ1) is 22.9. The molecule has 0 unspecified atom stereocenters. The number of hydrogen-bond acceptors (Lipinski definition) is 2. The number of pyridine rings is 1. The van der Waals surface area contributed by atoms with Crippen LogP contribution in [0.3, 0.4) is 0 Å². The van der Waals surface area contributed by atoms with Gasteiger partial charge in [0.15, 0.2) is 0 Å². The monoisotopic (exact) mass is 391 g/mol. The van der Waals surface area contributed by atoms with Crippen molar-refractivity contribution in [3.8, 4) is 17.0 Å². The topological polar surface area (TPSA) is 22.1 Å². The Morgan fingerprint density at radius 3 is 2.45 bits per heavy atom. The van der Waals surface area contributed by atoms with Crippen molar-refractivity contribution in [2.45, 2.75) is 66.2 Å². The highest BCUT2D eigenvalue weighted by atomic mass is 16.5. The minimum absolute atomic E-state index is 0.463. The smallest absolute Gasteiger partial charge is 0.128 e. The highest BCUT2D eigenvalue weighted by Gasteiger charge is 2.13. The van der Waals surface area contributed by atoms with Crippen LogP contribution in [0.1, 0.15) is 83.0 Å². The molecule has 1 aromatic heterocycles. The number of ether oxygens (including phenoxy) is 1. The number of rotatable bonds is 10. The summed E-state index contributed by atoms with van der Waals surface area (Å²) in [4.78, 5) is 5.02. The van der Waals surface area contributed by atoms with Gasteiger partial charge in [-0.05, 0) is 66.5 Å². The van der Waals surface area contributed by atoms with E-state index in [0.29, 0.717) is 5.92 Å². The Labute approximate surface area is 177 Å². The van der Waals surface area contributed by atoms with Crippen molar-refractivity contribution in [1.29, 1.82) is 0 Å². The quantitative estimate of drug-likeness (QED) is 0.408. The summed E-state index contributed by atoms with van der Waals surface area (Å²) in [7, 11) is 1.73. The molecule has 0 radical (unpaired) electrons. The Balaban J connectivity index is 2.39. The predicted molar refractivity (Wildman–Crippen MR) is 127 cm³/mol. The molecule has 0 N–H and O–H groups in total. The summed E-state index contributed by atoms with van der Waals surface area (Å²) in [5.74, 6) is 2.14. The normalized spacial score (nSPS) is 11.9. The van der Waals surface area contributed by atoms with Crippen molar-refractivity contribution in [2.24, 2.45) is 5.92 Å². The molecule has 156 valence electrons. The van der Waals surface area contributed by atoms with Crippen LogP contribution in [-0.4, -0.2) is 12.1 Å². The van der Waals surface area contributed by atoms with E-state index in [1.165, 1.54) is 30.4 Å². The third-order valence-electron chi connectivity index (χ3n) is 5.87. The zero-order valence-corrected chi connectivity index (χ0v) is 19.1. The number of methoxy groups -OCH3 is 1. The average molecular weight is 392 g/mol. The van der Waals surface area contributed by atoms with E-state index in [0.717, 1.165) is 40.6 Å². The van der Waals surface area contributed by atoms with Crippen molar-refractivity contribution in [3.63, 3.8) is 0 Å². The summed E-state index contributed by atoms with van der Waals surface area (Å²) in [6.45, 7) is 15.1. The van der Waals surface area contributed by atoms with E-state index in [9.17, 15) is 0 Å². The molecule has 0 bridgehead atoms. The Morgan fingerprint density at radius 1 is 1.14 bits per heavy atom. The van der Waals surface area contributed by atoms with Gasteiger partial charge in [0.1, 0.15) is 5.75 Å². The zero-order chi connectivity index (χ0) is 21.4. The predicted octanol–water partition coefficient (Wildman–Crippen LogP) is 8.14. The molecule has 0 amide bonds. The second-order valence-electron chi connectivity index (χ2n) is 8.10. The lowest BCUT2D eigenvalue weighted by molar-refractivity contribution is 0.415. The summed E-state index contributed by atoms with van der Waals surface area (Å²) in [5, 5.41) is 0.